The van der Waals surface area contributed by atoms with E-state index in [0.29, 0.717) is 31.9 Å². The third-order valence-corrected chi connectivity index (χ3v) is 7.48. The van der Waals surface area contributed by atoms with Gasteiger partial charge in [-0.2, -0.15) is 13.2 Å². The summed E-state index contributed by atoms with van der Waals surface area (Å²) in [6.45, 7) is 1.67. The normalized spacial score (nSPS) is 19.3. The summed E-state index contributed by atoms with van der Waals surface area (Å²) in [5.41, 5.74) is 1.26. The number of hydrogen-bond acceptors (Lipinski definition) is 5. The summed E-state index contributed by atoms with van der Waals surface area (Å²) >= 11 is 0. The molecule has 1 unspecified atom stereocenters. The first kappa shape index (κ1) is 25.5. The quantitative estimate of drug-likeness (QED) is 0.558. The highest BCUT2D eigenvalue weighted by molar-refractivity contribution is 7.90. The fourth-order valence-corrected chi connectivity index (χ4v) is 5.32. The van der Waals surface area contributed by atoms with Gasteiger partial charge in [0, 0.05) is 32.4 Å². The summed E-state index contributed by atoms with van der Waals surface area (Å²) in [5.74, 6) is 0.480. The standard InChI is InChI=1S/C25H28F3NO5S/c1-35(31,32)15-11-23(30)29-12-8-17-2-5-21(16-22(17)24(29)18-9-13-33-14-10-18)34-20-6-3-19(4-7-20)25(26,27)28/h2-7,16,18,24H,8-15H2,1H3. The Balaban J connectivity index is 1.61. The molecule has 1 amide bonds. The minimum atomic E-state index is -4.42. The lowest BCUT2D eigenvalue weighted by Gasteiger charge is -2.43. The van der Waals surface area contributed by atoms with Crippen molar-refractivity contribution in [2.75, 3.05) is 31.8 Å². The van der Waals surface area contributed by atoms with Crippen molar-refractivity contribution < 1.29 is 35.9 Å². The molecule has 10 heteroatoms. The molecule has 190 valence electrons. The Labute approximate surface area is 202 Å². The number of benzene rings is 2. The van der Waals surface area contributed by atoms with Gasteiger partial charge in [0.25, 0.3) is 0 Å². The maximum atomic E-state index is 13.1. The van der Waals surface area contributed by atoms with Gasteiger partial charge in [0.1, 0.15) is 21.3 Å². The molecule has 0 saturated carbocycles. The first-order valence-corrected chi connectivity index (χ1v) is 13.6. The van der Waals surface area contributed by atoms with Crippen LogP contribution in [0.3, 0.4) is 0 Å². The van der Waals surface area contributed by atoms with E-state index in [1.807, 2.05) is 12.1 Å². The van der Waals surface area contributed by atoms with Gasteiger partial charge in [0.2, 0.25) is 5.91 Å². The van der Waals surface area contributed by atoms with Gasteiger partial charge in [-0.05, 0) is 72.7 Å². The van der Waals surface area contributed by atoms with Crippen LogP contribution in [0.2, 0.25) is 0 Å². The molecule has 1 fully saturated rings. The number of carbonyl (C=O) groups excluding carboxylic acids is 1. The molecule has 1 saturated heterocycles. The Morgan fingerprint density at radius 1 is 1.09 bits per heavy atom. The molecule has 2 aliphatic rings. The molecule has 2 aromatic rings. The van der Waals surface area contributed by atoms with E-state index in [2.05, 4.69) is 0 Å². The zero-order valence-corrected chi connectivity index (χ0v) is 20.2. The summed E-state index contributed by atoms with van der Waals surface area (Å²) < 4.78 is 73.2. The SMILES string of the molecule is CS(=O)(=O)CCC(=O)N1CCc2ccc(Oc3ccc(C(F)(F)F)cc3)cc2C1C1CCOCC1. The van der Waals surface area contributed by atoms with E-state index < -0.39 is 21.6 Å². The van der Waals surface area contributed by atoms with Crippen LogP contribution in [0.5, 0.6) is 11.5 Å². The van der Waals surface area contributed by atoms with Crippen LogP contribution in [0.4, 0.5) is 13.2 Å². The summed E-state index contributed by atoms with van der Waals surface area (Å²) in [6, 6.07) is 9.81. The number of halogens is 3. The second kappa shape index (κ2) is 10.2. The summed E-state index contributed by atoms with van der Waals surface area (Å²) in [7, 11) is -3.27. The van der Waals surface area contributed by atoms with Crippen LogP contribution < -0.4 is 4.74 Å². The predicted molar refractivity (Wildman–Crippen MR) is 124 cm³/mol. The lowest BCUT2D eigenvalue weighted by molar-refractivity contribution is -0.137. The molecule has 0 bridgehead atoms. The van der Waals surface area contributed by atoms with Crippen molar-refractivity contribution in [2.45, 2.75) is 37.9 Å². The number of fused-ring (bicyclic) bond motifs is 1. The monoisotopic (exact) mass is 511 g/mol. The molecule has 4 rings (SSSR count). The van der Waals surface area contributed by atoms with E-state index in [4.69, 9.17) is 9.47 Å². The van der Waals surface area contributed by atoms with E-state index in [0.717, 1.165) is 42.4 Å². The average molecular weight is 512 g/mol. The summed E-state index contributed by atoms with van der Waals surface area (Å²) in [4.78, 5) is 14.9. The number of rotatable bonds is 6. The van der Waals surface area contributed by atoms with Crippen LogP contribution in [0.15, 0.2) is 42.5 Å². The van der Waals surface area contributed by atoms with Crippen molar-refractivity contribution >= 4 is 15.7 Å². The minimum absolute atomic E-state index is 0.0738. The fraction of sp³-hybridized carbons (Fsp3) is 0.480. The number of carbonyl (C=O) groups is 1. The van der Waals surface area contributed by atoms with E-state index >= 15 is 0 Å². The molecule has 0 aliphatic carbocycles. The number of ether oxygens (including phenoxy) is 2. The van der Waals surface area contributed by atoms with Crippen LogP contribution in [0.25, 0.3) is 0 Å². The first-order valence-electron chi connectivity index (χ1n) is 11.5. The molecule has 0 spiro atoms. The third kappa shape index (κ3) is 6.35. The minimum Gasteiger partial charge on any atom is -0.457 e. The maximum Gasteiger partial charge on any atom is 0.416 e. The van der Waals surface area contributed by atoms with E-state index in [9.17, 15) is 26.4 Å². The molecule has 2 aliphatic heterocycles. The fourth-order valence-electron chi connectivity index (χ4n) is 4.77. The highest BCUT2D eigenvalue weighted by Crippen LogP contribution is 2.42. The number of alkyl halides is 3. The van der Waals surface area contributed by atoms with Gasteiger partial charge in [-0.25, -0.2) is 8.42 Å². The third-order valence-electron chi connectivity index (χ3n) is 6.53. The average Bonchev–Trinajstić information content (AvgIpc) is 2.81. The lowest BCUT2D eigenvalue weighted by atomic mass is 9.80. The number of amides is 1. The Kier molecular flexibility index (Phi) is 7.42. The van der Waals surface area contributed by atoms with Gasteiger partial charge >= 0.3 is 6.18 Å². The molecule has 0 radical (unpaired) electrons. The Morgan fingerprint density at radius 2 is 1.74 bits per heavy atom. The van der Waals surface area contributed by atoms with Crippen molar-refractivity contribution in [2.24, 2.45) is 5.92 Å². The van der Waals surface area contributed by atoms with Crippen molar-refractivity contribution in [3.05, 3.63) is 59.2 Å². The molecule has 0 aromatic heterocycles. The van der Waals surface area contributed by atoms with Gasteiger partial charge in [0.15, 0.2) is 0 Å². The van der Waals surface area contributed by atoms with Gasteiger partial charge in [0.05, 0.1) is 17.4 Å². The van der Waals surface area contributed by atoms with Crippen molar-refractivity contribution in [1.29, 1.82) is 0 Å². The van der Waals surface area contributed by atoms with Gasteiger partial charge in [-0.15, -0.1) is 0 Å². The van der Waals surface area contributed by atoms with E-state index in [1.54, 1.807) is 11.0 Å². The molecule has 2 aromatic carbocycles. The molecule has 0 N–H and O–H groups in total. The summed E-state index contributed by atoms with van der Waals surface area (Å²) in [6.07, 6.45) is -1.22. The van der Waals surface area contributed by atoms with Gasteiger partial charge in [-0.1, -0.05) is 6.07 Å². The smallest absolute Gasteiger partial charge is 0.416 e. The lowest BCUT2D eigenvalue weighted by Crippen LogP contribution is -2.44. The zero-order chi connectivity index (χ0) is 25.2. The second-order valence-corrected chi connectivity index (χ2v) is 11.4. The molecular weight excluding hydrogens is 483 g/mol. The van der Waals surface area contributed by atoms with Crippen molar-refractivity contribution in [3.63, 3.8) is 0 Å². The largest absolute Gasteiger partial charge is 0.457 e. The first-order chi connectivity index (χ1) is 16.5. The van der Waals surface area contributed by atoms with Crippen LogP contribution in [-0.4, -0.2) is 51.0 Å². The van der Waals surface area contributed by atoms with Crippen LogP contribution in [0.1, 0.15) is 42.0 Å². The Hall–Kier alpha value is -2.59. The van der Waals surface area contributed by atoms with Crippen molar-refractivity contribution in [3.8, 4) is 11.5 Å². The van der Waals surface area contributed by atoms with Crippen LogP contribution >= 0.6 is 0 Å². The molecule has 1 atom stereocenters. The van der Waals surface area contributed by atoms with Crippen LogP contribution in [0, 0.1) is 5.92 Å². The highest BCUT2D eigenvalue weighted by Gasteiger charge is 2.37. The zero-order valence-electron chi connectivity index (χ0n) is 19.4. The molecule has 6 nitrogen and oxygen atoms in total. The Morgan fingerprint density at radius 3 is 2.37 bits per heavy atom. The van der Waals surface area contributed by atoms with E-state index in [-0.39, 0.29) is 35.8 Å². The highest BCUT2D eigenvalue weighted by atomic mass is 32.2. The topological polar surface area (TPSA) is 72.9 Å². The summed E-state index contributed by atoms with van der Waals surface area (Å²) in [5, 5.41) is 0. The van der Waals surface area contributed by atoms with Gasteiger partial charge < -0.3 is 14.4 Å². The predicted octanol–water partition coefficient (Wildman–Crippen LogP) is 4.78. The molecule has 2 heterocycles. The van der Waals surface area contributed by atoms with Crippen LogP contribution in [-0.2, 0) is 32.0 Å². The molecule has 35 heavy (non-hydrogen) atoms. The maximum absolute atomic E-state index is 13.1. The number of nitrogens with zero attached hydrogens (tertiary/aromatic N) is 1. The second-order valence-electron chi connectivity index (χ2n) is 9.10. The number of hydrogen-bond donors (Lipinski definition) is 0. The number of sulfone groups is 1. The van der Waals surface area contributed by atoms with E-state index in [1.165, 1.54) is 12.1 Å². The molecular formula is C25H28F3NO5S. The van der Waals surface area contributed by atoms with Gasteiger partial charge in [-0.3, -0.25) is 4.79 Å². The van der Waals surface area contributed by atoms with Crippen molar-refractivity contribution in [1.82, 2.24) is 4.90 Å². The Bertz CT molecular complexity index is 1160.